The number of carbonyl (C=O) groups excluding carboxylic acids is 1. The normalized spacial score (nSPS) is 11.7. The van der Waals surface area contributed by atoms with E-state index >= 15 is 0 Å². The highest BCUT2D eigenvalue weighted by Crippen LogP contribution is 2.14. The van der Waals surface area contributed by atoms with E-state index in [1.54, 1.807) is 6.20 Å². The number of aromatic nitrogens is 3. The molecular formula is C15H21N3O2. The first kappa shape index (κ1) is 14.4. The van der Waals surface area contributed by atoms with Gasteiger partial charge in [-0.3, -0.25) is 0 Å². The highest BCUT2D eigenvalue weighted by molar-refractivity contribution is 5.71. The van der Waals surface area contributed by atoms with Crippen molar-refractivity contribution in [2.75, 3.05) is 0 Å². The summed E-state index contributed by atoms with van der Waals surface area (Å²) in [6.07, 6.45) is 3.30. The van der Waals surface area contributed by atoms with E-state index in [1.165, 1.54) is 10.4 Å². The van der Waals surface area contributed by atoms with Crippen LogP contribution in [-0.4, -0.2) is 26.0 Å². The standard InChI is InChI=1S/C15H21N3O2/c1-11-7-6-8-17(11)10-13-9-16-18(12(13)2)14(19)20-15(3,4)5/h6-9H,10H2,1-5H3. The molecule has 0 N–H and O–H groups in total. The molecule has 0 aliphatic rings. The second kappa shape index (κ2) is 5.15. The van der Waals surface area contributed by atoms with Crippen LogP contribution >= 0.6 is 0 Å². The van der Waals surface area contributed by atoms with Crippen LogP contribution in [0.1, 0.15) is 37.7 Å². The van der Waals surface area contributed by atoms with E-state index in [1.807, 2.05) is 52.9 Å². The maximum atomic E-state index is 12.0. The molecule has 5 nitrogen and oxygen atoms in total. The monoisotopic (exact) mass is 275 g/mol. The van der Waals surface area contributed by atoms with E-state index < -0.39 is 11.7 Å². The molecule has 0 atom stereocenters. The van der Waals surface area contributed by atoms with Crippen LogP contribution < -0.4 is 0 Å². The zero-order valence-electron chi connectivity index (χ0n) is 12.7. The topological polar surface area (TPSA) is 49.0 Å². The van der Waals surface area contributed by atoms with Crippen molar-refractivity contribution < 1.29 is 9.53 Å². The molecule has 0 unspecified atom stereocenters. The molecular weight excluding hydrogens is 254 g/mol. The maximum absolute atomic E-state index is 12.0. The molecule has 2 aromatic heterocycles. The first-order chi connectivity index (χ1) is 9.28. The minimum Gasteiger partial charge on any atom is -0.442 e. The van der Waals surface area contributed by atoms with Gasteiger partial charge in [0.2, 0.25) is 0 Å². The molecule has 2 aromatic rings. The number of carbonyl (C=O) groups is 1. The Kier molecular flexibility index (Phi) is 3.70. The molecule has 0 fully saturated rings. The van der Waals surface area contributed by atoms with Crippen LogP contribution in [0.25, 0.3) is 0 Å². The minimum atomic E-state index is -0.521. The van der Waals surface area contributed by atoms with Crippen LogP contribution in [0.2, 0.25) is 0 Å². The summed E-state index contributed by atoms with van der Waals surface area (Å²) in [7, 11) is 0. The molecule has 0 saturated heterocycles. The fraction of sp³-hybridized carbons (Fsp3) is 0.467. The Balaban J connectivity index is 2.19. The van der Waals surface area contributed by atoms with Gasteiger partial charge in [-0.15, -0.1) is 0 Å². The number of hydrogen-bond acceptors (Lipinski definition) is 3. The summed E-state index contributed by atoms with van der Waals surface area (Å²) in [5.74, 6) is 0. The van der Waals surface area contributed by atoms with Gasteiger partial charge in [0.1, 0.15) is 5.60 Å². The van der Waals surface area contributed by atoms with Crippen LogP contribution in [0, 0.1) is 13.8 Å². The largest absolute Gasteiger partial charge is 0.442 e. The number of hydrogen-bond donors (Lipinski definition) is 0. The Morgan fingerprint density at radius 2 is 2.05 bits per heavy atom. The van der Waals surface area contributed by atoms with E-state index in [9.17, 15) is 4.79 Å². The molecule has 20 heavy (non-hydrogen) atoms. The van der Waals surface area contributed by atoms with Crippen molar-refractivity contribution in [3.63, 3.8) is 0 Å². The molecule has 0 amide bonds. The van der Waals surface area contributed by atoms with Crippen LogP contribution in [0.4, 0.5) is 4.79 Å². The van der Waals surface area contributed by atoms with Gasteiger partial charge in [-0.25, -0.2) is 4.79 Å². The SMILES string of the molecule is Cc1cccn1Cc1cnn(C(=O)OC(C)(C)C)c1C. The average Bonchev–Trinajstić information content (AvgIpc) is 2.86. The third kappa shape index (κ3) is 3.10. The summed E-state index contributed by atoms with van der Waals surface area (Å²) >= 11 is 0. The van der Waals surface area contributed by atoms with Crippen LogP contribution in [0.15, 0.2) is 24.5 Å². The van der Waals surface area contributed by atoms with Crippen molar-refractivity contribution in [2.45, 2.75) is 46.8 Å². The maximum Gasteiger partial charge on any atom is 0.435 e. The van der Waals surface area contributed by atoms with Gasteiger partial charge in [-0.1, -0.05) is 0 Å². The summed E-state index contributed by atoms with van der Waals surface area (Å²) < 4.78 is 8.76. The Bertz CT molecular complexity index is 617. The molecule has 2 rings (SSSR count). The van der Waals surface area contributed by atoms with Crippen LogP contribution in [-0.2, 0) is 11.3 Å². The van der Waals surface area contributed by atoms with Crippen LogP contribution in [0.3, 0.4) is 0 Å². The van der Waals surface area contributed by atoms with Crippen molar-refractivity contribution in [1.29, 1.82) is 0 Å². The van der Waals surface area contributed by atoms with Gasteiger partial charge in [0.25, 0.3) is 0 Å². The van der Waals surface area contributed by atoms with Crippen molar-refractivity contribution >= 4 is 6.09 Å². The Morgan fingerprint density at radius 3 is 2.60 bits per heavy atom. The molecule has 0 aliphatic carbocycles. The van der Waals surface area contributed by atoms with Crippen LogP contribution in [0.5, 0.6) is 0 Å². The lowest BCUT2D eigenvalue weighted by Gasteiger charge is -2.19. The van der Waals surface area contributed by atoms with Crippen molar-refractivity contribution in [3.8, 4) is 0 Å². The van der Waals surface area contributed by atoms with Crippen molar-refractivity contribution in [2.24, 2.45) is 0 Å². The zero-order chi connectivity index (χ0) is 14.9. The fourth-order valence-corrected chi connectivity index (χ4v) is 1.95. The Morgan fingerprint density at radius 1 is 1.35 bits per heavy atom. The van der Waals surface area contributed by atoms with E-state index in [-0.39, 0.29) is 0 Å². The molecule has 0 saturated carbocycles. The Hall–Kier alpha value is -2.04. The Labute approximate surface area is 119 Å². The van der Waals surface area contributed by atoms with Gasteiger partial charge in [-0.05, 0) is 46.8 Å². The number of ether oxygens (including phenoxy) is 1. The van der Waals surface area contributed by atoms with E-state index in [0.717, 1.165) is 11.3 Å². The molecule has 0 bridgehead atoms. The zero-order valence-corrected chi connectivity index (χ0v) is 12.7. The summed E-state index contributed by atoms with van der Waals surface area (Å²) in [6.45, 7) is 10.2. The van der Waals surface area contributed by atoms with Gasteiger partial charge in [-0.2, -0.15) is 9.78 Å². The third-order valence-corrected chi connectivity index (χ3v) is 3.08. The third-order valence-electron chi connectivity index (χ3n) is 3.08. The van der Waals surface area contributed by atoms with Gasteiger partial charge in [0.05, 0.1) is 18.4 Å². The first-order valence-corrected chi connectivity index (χ1v) is 6.66. The lowest BCUT2D eigenvalue weighted by atomic mass is 10.2. The molecule has 2 heterocycles. The van der Waals surface area contributed by atoms with Gasteiger partial charge >= 0.3 is 6.09 Å². The second-order valence-corrected chi connectivity index (χ2v) is 5.92. The van der Waals surface area contributed by atoms with Gasteiger partial charge in [0, 0.05) is 17.5 Å². The highest BCUT2D eigenvalue weighted by Gasteiger charge is 2.20. The quantitative estimate of drug-likeness (QED) is 0.846. The van der Waals surface area contributed by atoms with Gasteiger partial charge in [0.15, 0.2) is 0 Å². The number of rotatable bonds is 2. The fourth-order valence-electron chi connectivity index (χ4n) is 1.95. The summed E-state index contributed by atoms with van der Waals surface area (Å²) in [5, 5.41) is 4.14. The number of aryl methyl sites for hydroxylation is 1. The molecule has 5 heteroatoms. The first-order valence-electron chi connectivity index (χ1n) is 6.66. The molecule has 0 radical (unpaired) electrons. The van der Waals surface area contributed by atoms with Crippen molar-refractivity contribution in [1.82, 2.24) is 14.3 Å². The lowest BCUT2D eigenvalue weighted by Crippen LogP contribution is -2.28. The van der Waals surface area contributed by atoms with E-state index in [4.69, 9.17) is 4.74 Å². The average molecular weight is 275 g/mol. The highest BCUT2D eigenvalue weighted by atomic mass is 16.6. The van der Waals surface area contributed by atoms with E-state index in [0.29, 0.717) is 6.54 Å². The minimum absolute atomic E-state index is 0.439. The predicted octanol–water partition coefficient (Wildman–Crippen LogP) is 3.13. The lowest BCUT2D eigenvalue weighted by molar-refractivity contribution is 0.0511. The second-order valence-electron chi connectivity index (χ2n) is 5.92. The summed E-state index contributed by atoms with van der Waals surface area (Å²) in [6, 6.07) is 4.05. The molecule has 108 valence electrons. The predicted molar refractivity (Wildman–Crippen MR) is 76.9 cm³/mol. The smallest absolute Gasteiger partial charge is 0.435 e. The summed E-state index contributed by atoms with van der Waals surface area (Å²) in [4.78, 5) is 12.0. The molecule has 0 aromatic carbocycles. The van der Waals surface area contributed by atoms with E-state index in [2.05, 4.69) is 9.67 Å². The number of nitrogens with zero attached hydrogens (tertiary/aromatic N) is 3. The molecule has 0 aliphatic heterocycles. The molecule has 0 spiro atoms. The van der Waals surface area contributed by atoms with Gasteiger partial charge < -0.3 is 9.30 Å². The van der Waals surface area contributed by atoms with Crippen molar-refractivity contribution in [3.05, 3.63) is 41.5 Å². The summed E-state index contributed by atoms with van der Waals surface area (Å²) in [5.41, 5.74) is 2.48.